The summed E-state index contributed by atoms with van der Waals surface area (Å²) in [5.41, 5.74) is -8.72. The number of rotatable bonds is 6. The normalized spacial score (nSPS) is 18.3. The molecule has 0 saturated heterocycles. The number of fused-ring (bicyclic) bond motifs is 3. The zero-order valence-electron chi connectivity index (χ0n) is 20.5. The van der Waals surface area contributed by atoms with Crippen LogP contribution >= 0.6 is 0 Å². The maximum absolute atomic E-state index is 12.8. The van der Waals surface area contributed by atoms with Crippen LogP contribution in [0.25, 0.3) is 5.57 Å². The van der Waals surface area contributed by atoms with Crippen molar-refractivity contribution in [3.63, 3.8) is 0 Å². The first-order chi connectivity index (χ1) is 19.1. The largest absolute Gasteiger partial charge is 0.534 e. The SMILES string of the molecule is O=S(=O)(Oc1ccc(C2(c3ccc(OS(=O)(=O)C(F)(F)F)cc3)c3ccccc3C3=CC=CCC32)cc1)C(F)(F)F. The third kappa shape index (κ3) is 4.78. The van der Waals surface area contributed by atoms with Crippen LogP contribution in [0.2, 0.25) is 0 Å². The van der Waals surface area contributed by atoms with Crippen LogP contribution in [0.5, 0.6) is 11.5 Å². The Morgan fingerprint density at radius 3 is 1.61 bits per heavy atom. The lowest BCUT2D eigenvalue weighted by Crippen LogP contribution is -2.34. The Hall–Kier alpha value is -3.78. The molecule has 14 heteroatoms. The van der Waals surface area contributed by atoms with Gasteiger partial charge in [0.2, 0.25) is 0 Å². The van der Waals surface area contributed by atoms with Gasteiger partial charge in [-0.2, -0.15) is 43.2 Å². The summed E-state index contributed by atoms with van der Waals surface area (Å²) >= 11 is 0. The average Bonchev–Trinajstić information content (AvgIpc) is 3.19. The third-order valence-electron chi connectivity index (χ3n) is 6.94. The minimum absolute atomic E-state index is 0.291. The summed E-state index contributed by atoms with van der Waals surface area (Å²) in [6.07, 6.45) is 6.20. The molecule has 41 heavy (non-hydrogen) atoms. The van der Waals surface area contributed by atoms with Crippen molar-refractivity contribution in [2.75, 3.05) is 0 Å². The molecule has 0 radical (unpaired) electrons. The van der Waals surface area contributed by atoms with Crippen molar-refractivity contribution in [3.8, 4) is 11.5 Å². The molecular formula is C27H18F6O6S2. The number of hydrogen-bond donors (Lipinski definition) is 0. The topological polar surface area (TPSA) is 86.7 Å². The standard InChI is InChI=1S/C27H18F6O6S2/c28-26(29,30)40(34,35)38-19-13-9-17(10-14-19)25(18-11-15-20(16-12-18)39-41(36,37)27(31,32)33)23-7-3-1-5-21(23)22-6-2-4-8-24(22)25/h1-7,9-16,24H,8H2. The Labute approximate surface area is 230 Å². The van der Waals surface area contributed by atoms with Crippen LogP contribution in [0.3, 0.4) is 0 Å². The maximum Gasteiger partial charge on any atom is 0.534 e. The summed E-state index contributed by atoms with van der Waals surface area (Å²) in [6, 6.07) is 17.3. The van der Waals surface area contributed by atoms with Gasteiger partial charge in [0.15, 0.2) is 0 Å². The molecule has 0 saturated carbocycles. The van der Waals surface area contributed by atoms with Crippen molar-refractivity contribution in [2.24, 2.45) is 5.92 Å². The van der Waals surface area contributed by atoms with E-state index in [2.05, 4.69) is 8.37 Å². The van der Waals surface area contributed by atoms with Crippen molar-refractivity contribution in [2.45, 2.75) is 22.9 Å². The van der Waals surface area contributed by atoms with E-state index in [4.69, 9.17) is 0 Å². The molecule has 0 heterocycles. The zero-order chi connectivity index (χ0) is 29.8. The molecule has 0 N–H and O–H groups in total. The highest BCUT2D eigenvalue weighted by atomic mass is 32.2. The lowest BCUT2D eigenvalue weighted by molar-refractivity contribution is -0.0504. The number of benzene rings is 3. The summed E-state index contributed by atoms with van der Waals surface area (Å²) < 4.78 is 132. The van der Waals surface area contributed by atoms with Crippen LogP contribution < -0.4 is 8.37 Å². The van der Waals surface area contributed by atoms with Gasteiger partial charge in [0, 0.05) is 5.92 Å². The Morgan fingerprint density at radius 1 is 0.683 bits per heavy atom. The number of hydrogen-bond acceptors (Lipinski definition) is 6. The minimum Gasteiger partial charge on any atom is -0.376 e. The van der Waals surface area contributed by atoms with Gasteiger partial charge in [-0.3, -0.25) is 0 Å². The quantitative estimate of drug-likeness (QED) is 0.180. The van der Waals surface area contributed by atoms with E-state index in [9.17, 15) is 43.2 Å². The third-order valence-corrected chi connectivity index (χ3v) is 8.90. The molecule has 216 valence electrons. The lowest BCUT2D eigenvalue weighted by atomic mass is 9.63. The highest BCUT2D eigenvalue weighted by Gasteiger charge is 2.52. The molecule has 1 unspecified atom stereocenters. The average molecular weight is 617 g/mol. The molecule has 0 bridgehead atoms. The van der Waals surface area contributed by atoms with Gasteiger partial charge in [-0.15, -0.1) is 0 Å². The van der Waals surface area contributed by atoms with E-state index in [1.165, 1.54) is 24.3 Å². The van der Waals surface area contributed by atoms with Crippen molar-refractivity contribution in [3.05, 3.63) is 113 Å². The fraction of sp³-hybridized carbons (Fsp3) is 0.185. The first-order valence-electron chi connectivity index (χ1n) is 11.8. The molecule has 2 aliphatic carbocycles. The molecular weight excluding hydrogens is 598 g/mol. The maximum atomic E-state index is 12.8. The number of alkyl halides is 6. The number of allylic oxidation sites excluding steroid dienone is 4. The molecule has 5 rings (SSSR count). The highest BCUT2D eigenvalue weighted by molar-refractivity contribution is 7.88. The van der Waals surface area contributed by atoms with E-state index in [0.29, 0.717) is 17.5 Å². The van der Waals surface area contributed by atoms with E-state index in [1.807, 2.05) is 36.4 Å². The van der Waals surface area contributed by atoms with Crippen LogP contribution in [0.4, 0.5) is 26.3 Å². The summed E-state index contributed by atoms with van der Waals surface area (Å²) in [5, 5.41) is 0. The second-order valence-corrected chi connectivity index (χ2v) is 12.3. The Kier molecular flexibility index (Phi) is 6.77. The van der Waals surface area contributed by atoms with E-state index < -0.39 is 48.2 Å². The summed E-state index contributed by atoms with van der Waals surface area (Å²) in [7, 11) is -11.8. The van der Waals surface area contributed by atoms with Crippen molar-refractivity contribution in [1.82, 2.24) is 0 Å². The minimum atomic E-state index is -5.91. The van der Waals surface area contributed by atoms with E-state index in [0.717, 1.165) is 41.0 Å². The Bertz CT molecular complexity index is 1670. The summed E-state index contributed by atoms with van der Waals surface area (Å²) in [5.74, 6) is -1.44. The molecule has 2 aliphatic rings. The van der Waals surface area contributed by atoms with Crippen molar-refractivity contribution >= 4 is 25.8 Å². The summed E-state index contributed by atoms with van der Waals surface area (Å²) in [6.45, 7) is 0. The van der Waals surface area contributed by atoms with Gasteiger partial charge in [0.25, 0.3) is 0 Å². The molecule has 0 fully saturated rings. The van der Waals surface area contributed by atoms with Crippen LogP contribution in [0, 0.1) is 5.92 Å². The number of halogens is 6. The fourth-order valence-electron chi connectivity index (χ4n) is 5.36. The molecule has 3 aromatic carbocycles. The van der Waals surface area contributed by atoms with Crippen LogP contribution in [-0.2, 0) is 25.7 Å². The smallest absolute Gasteiger partial charge is 0.376 e. The first-order valence-corrected chi connectivity index (χ1v) is 14.6. The van der Waals surface area contributed by atoms with Gasteiger partial charge in [-0.25, -0.2) is 0 Å². The van der Waals surface area contributed by atoms with Crippen LogP contribution in [-0.4, -0.2) is 27.9 Å². The fourth-order valence-corrected chi connectivity index (χ4v) is 6.28. The molecule has 0 aliphatic heterocycles. The molecule has 3 aromatic rings. The van der Waals surface area contributed by atoms with Gasteiger partial charge in [0.05, 0.1) is 5.41 Å². The van der Waals surface area contributed by atoms with Crippen LogP contribution in [0.1, 0.15) is 28.7 Å². The zero-order valence-corrected chi connectivity index (χ0v) is 22.1. The molecule has 1 atom stereocenters. The van der Waals surface area contributed by atoms with E-state index >= 15 is 0 Å². The molecule has 0 aromatic heterocycles. The van der Waals surface area contributed by atoms with Gasteiger partial charge < -0.3 is 8.37 Å². The Balaban J connectivity index is 1.65. The Morgan fingerprint density at radius 2 is 1.15 bits per heavy atom. The van der Waals surface area contributed by atoms with E-state index in [-0.39, 0.29) is 5.92 Å². The molecule has 0 spiro atoms. The van der Waals surface area contributed by atoms with Crippen LogP contribution in [0.15, 0.2) is 91.0 Å². The van der Waals surface area contributed by atoms with Crippen molar-refractivity contribution < 1.29 is 51.5 Å². The monoisotopic (exact) mass is 616 g/mol. The van der Waals surface area contributed by atoms with Gasteiger partial charge >= 0.3 is 31.3 Å². The molecule has 6 nitrogen and oxygen atoms in total. The van der Waals surface area contributed by atoms with Gasteiger partial charge in [0.1, 0.15) is 11.5 Å². The first kappa shape index (κ1) is 28.7. The van der Waals surface area contributed by atoms with Gasteiger partial charge in [-0.05, 0) is 58.5 Å². The molecule has 0 amide bonds. The predicted octanol–water partition coefficient (Wildman–Crippen LogP) is 6.45. The second-order valence-electron chi connectivity index (χ2n) is 9.21. The van der Waals surface area contributed by atoms with Crippen molar-refractivity contribution in [1.29, 1.82) is 0 Å². The highest BCUT2D eigenvalue weighted by Crippen LogP contribution is 2.59. The van der Waals surface area contributed by atoms with E-state index in [1.54, 1.807) is 6.07 Å². The second kappa shape index (κ2) is 9.65. The predicted molar refractivity (Wildman–Crippen MR) is 136 cm³/mol. The lowest BCUT2D eigenvalue weighted by Gasteiger charge is -2.39. The van der Waals surface area contributed by atoms with Gasteiger partial charge in [-0.1, -0.05) is 66.8 Å². The summed E-state index contributed by atoms with van der Waals surface area (Å²) in [4.78, 5) is 0.